The first kappa shape index (κ1) is 18.8. The van der Waals surface area contributed by atoms with Crippen LogP contribution < -0.4 is 10.6 Å². The molecule has 0 saturated carbocycles. The Labute approximate surface area is 160 Å². The summed E-state index contributed by atoms with van der Waals surface area (Å²) in [6.07, 6.45) is 2.41. The summed E-state index contributed by atoms with van der Waals surface area (Å²) in [6.45, 7) is 0.712. The van der Waals surface area contributed by atoms with Crippen LogP contribution in [0, 0.1) is 11.6 Å². The van der Waals surface area contributed by atoms with Crippen molar-refractivity contribution in [3.8, 4) is 0 Å². The first-order chi connectivity index (χ1) is 13.0. The minimum atomic E-state index is -1.07. The fourth-order valence-corrected chi connectivity index (χ4v) is 2.53. The van der Waals surface area contributed by atoms with Gasteiger partial charge in [-0.3, -0.25) is 4.79 Å². The van der Waals surface area contributed by atoms with E-state index < -0.39 is 17.5 Å². The van der Waals surface area contributed by atoms with Crippen molar-refractivity contribution < 1.29 is 13.6 Å². The highest BCUT2D eigenvalue weighted by molar-refractivity contribution is 6.30. The van der Waals surface area contributed by atoms with E-state index in [0.717, 1.165) is 29.8 Å². The summed E-state index contributed by atoms with van der Waals surface area (Å²) in [7, 11) is 0. The van der Waals surface area contributed by atoms with Gasteiger partial charge in [0.25, 0.3) is 5.91 Å². The number of amides is 1. The van der Waals surface area contributed by atoms with E-state index in [-0.39, 0.29) is 5.56 Å². The van der Waals surface area contributed by atoms with E-state index in [9.17, 15) is 13.6 Å². The Hall–Kier alpha value is -2.99. The van der Waals surface area contributed by atoms with Crippen molar-refractivity contribution in [2.24, 2.45) is 0 Å². The lowest BCUT2D eigenvalue weighted by Gasteiger charge is -2.08. The molecule has 4 nitrogen and oxygen atoms in total. The molecular weight excluding hydrogens is 372 g/mol. The Morgan fingerprint density at radius 3 is 2.44 bits per heavy atom. The largest absolute Gasteiger partial charge is 0.383 e. The van der Waals surface area contributed by atoms with Gasteiger partial charge in [-0.1, -0.05) is 23.7 Å². The topological polar surface area (TPSA) is 54.0 Å². The number of pyridine rings is 1. The van der Waals surface area contributed by atoms with Crippen LogP contribution in [0.2, 0.25) is 5.02 Å². The molecule has 3 rings (SSSR count). The lowest BCUT2D eigenvalue weighted by molar-refractivity contribution is 0.102. The number of carbonyl (C=O) groups is 1. The third-order valence-corrected chi connectivity index (χ3v) is 4.09. The van der Waals surface area contributed by atoms with Gasteiger partial charge in [0.05, 0.1) is 11.9 Å². The van der Waals surface area contributed by atoms with Gasteiger partial charge in [0.1, 0.15) is 5.82 Å². The van der Waals surface area contributed by atoms with Crippen LogP contribution in [0.25, 0.3) is 0 Å². The third-order valence-electron chi connectivity index (χ3n) is 3.84. The molecular formula is C20H16ClF2N3O. The Balaban J connectivity index is 1.52. The molecule has 0 spiro atoms. The van der Waals surface area contributed by atoms with Crippen LogP contribution >= 0.6 is 11.6 Å². The fourth-order valence-electron chi connectivity index (χ4n) is 2.40. The van der Waals surface area contributed by atoms with E-state index >= 15 is 0 Å². The molecule has 1 amide bonds. The zero-order valence-electron chi connectivity index (χ0n) is 14.2. The normalized spacial score (nSPS) is 10.5. The van der Waals surface area contributed by atoms with Crippen LogP contribution in [0.1, 0.15) is 15.9 Å². The predicted octanol–water partition coefficient (Wildman–Crippen LogP) is 4.92. The molecule has 27 heavy (non-hydrogen) atoms. The van der Waals surface area contributed by atoms with Crippen LogP contribution in [0.5, 0.6) is 0 Å². The highest BCUT2D eigenvalue weighted by Gasteiger charge is 2.10. The lowest BCUT2D eigenvalue weighted by atomic mass is 10.1. The molecule has 0 bridgehead atoms. The maximum Gasteiger partial charge on any atom is 0.256 e. The quantitative estimate of drug-likeness (QED) is 0.631. The number of benzene rings is 2. The van der Waals surface area contributed by atoms with E-state index in [4.69, 9.17) is 11.6 Å². The molecule has 0 radical (unpaired) electrons. The molecule has 7 heteroatoms. The molecule has 0 atom stereocenters. The Morgan fingerprint density at radius 1 is 1.00 bits per heavy atom. The van der Waals surface area contributed by atoms with E-state index in [1.807, 2.05) is 24.3 Å². The fraction of sp³-hybridized carbons (Fsp3) is 0.100. The number of nitrogens with one attached hydrogen (secondary N) is 2. The second kappa shape index (κ2) is 8.60. The first-order valence-corrected chi connectivity index (χ1v) is 8.60. The maximum atomic E-state index is 13.2. The van der Waals surface area contributed by atoms with Gasteiger partial charge in [-0.2, -0.15) is 0 Å². The van der Waals surface area contributed by atoms with Crippen LogP contribution in [-0.4, -0.2) is 17.4 Å². The van der Waals surface area contributed by atoms with Gasteiger partial charge in [0.2, 0.25) is 0 Å². The minimum absolute atomic E-state index is 0.0147. The van der Waals surface area contributed by atoms with Gasteiger partial charge in [-0.15, -0.1) is 0 Å². The molecule has 2 N–H and O–H groups in total. The van der Waals surface area contributed by atoms with Crippen LogP contribution in [-0.2, 0) is 6.42 Å². The van der Waals surface area contributed by atoms with Crippen molar-refractivity contribution in [2.45, 2.75) is 6.42 Å². The summed E-state index contributed by atoms with van der Waals surface area (Å²) in [4.78, 5) is 16.2. The molecule has 0 aliphatic carbocycles. The summed E-state index contributed by atoms with van der Waals surface area (Å²) >= 11 is 5.86. The standard InChI is InChI=1S/C20H16ClF2N3O/c21-15-4-1-13(2-5-15)9-10-24-16-6-8-19(25-12-16)26-20(27)14-3-7-17(22)18(23)11-14/h1-8,11-12,24H,9-10H2,(H,25,26,27). The summed E-state index contributed by atoms with van der Waals surface area (Å²) in [5.41, 5.74) is 1.98. The van der Waals surface area contributed by atoms with Gasteiger partial charge in [0, 0.05) is 17.1 Å². The molecule has 3 aromatic rings. The summed E-state index contributed by atoms with van der Waals surface area (Å²) in [6, 6.07) is 14.0. The molecule has 1 aromatic heterocycles. The van der Waals surface area contributed by atoms with Crippen molar-refractivity contribution in [3.05, 3.63) is 88.6 Å². The molecule has 0 saturated heterocycles. The van der Waals surface area contributed by atoms with Crippen molar-refractivity contribution >= 4 is 29.0 Å². The number of carbonyl (C=O) groups excluding carboxylic acids is 1. The van der Waals surface area contributed by atoms with Crippen molar-refractivity contribution in [3.63, 3.8) is 0 Å². The average molecular weight is 388 g/mol. The Bertz CT molecular complexity index is 931. The highest BCUT2D eigenvalue weighted by Crippen LogP contribution is 2.14. The van der Waals surface area contributed by atoms with Crippen molar-refractivity contribution in [2.75, 3.05) is 17.2 Å². The zero-order chi connectivity index (χ0) is 19.2. The molecule has 1 heterocycles. The number of anilines is 2. The second-order valence-corrected chi connectivity index (χ2v) is 6.25. The summed E-state index contributed by atoms with van der Waals surface area (Å²) in [5.74, 6) is -2.33. The number of rotatable bonds is 6. The van der Waals surface area contributed by atoms with E-state index in [1.165, 1.54) is 6.07 Å². The molecule has 138 valence electrons. The summed E-state index contributed by atoms with van der Waals surface area (Å²) in [5, 5.41) is 6.48. The minimum Gasteiger partial charge on any atom is -0.383 e. The first-order valence-electron chi connectivity index (χ1n) is 8.22. The SMILES string of the molecule is O=C(Nc1ccc(NCCc2ccc(Cl)cc2)cn1)c1ccc(F)c(F)c1. The maximum absolute atomic E-state index is 13.2. The third kappa shape index (κ3) is 5.24. The number of halogens is 3. The van der Waals surface area contributed by atoms with E-state index in [0.29, 0.717) is 17.4 Å². The van der Waals surface area contributed by atoms with Gasteiger partial charge in [-0.25, -0.2) is 13.8 Å². The van der Waals surface area contributed by atoms with Gasteiger partial charge in [0.15, 0.2) is 11.6 Å². The second-order valence-electron chi connectivity index (χ2n) is 5.82. The van der Waals surface area contributed by atoms with Gasteiger partial charge >= 0.3 is 0 Å². The van der Waals surface area contributed by atoms with E-state index in [2.05, 4.69) is 15.6 Å². The predicted molar refractivity (Wildman–Crippen MR) is 102 cm³/mol. The molecule has 0 unspecified atom stereocenters. The van der Waals surface area contributed by atoms with Crippen LogP contribution in [0.3, 0.4) is 0 Å². The number of nitrogens with zero attached hydrogens (tertiary/aromatic N) is 1. The van der Waals surface area contributed by atoms with Crippen molar-refractivity contribution in [1.82, 2.24) is 4.98 Å². The van der Waals surface area contributed by atoms with E-state index in [1.54, 1.807) is 18.3 Å². The van der Waals surface area contributed by atoms with Crippen molar-refractivity contribution in [1.29, 1.82) is 0 Å². The highest BCUT2D eigenvalue weighted by atomic mass is 35.5. The molecule has 2 aromatic carbocycles. The molecule has 0 aliphatic heterocycles. The van der Waals surface area contributed by atoms with Gasteiger partial charge < -0.3 is 10.6 Å². The molecule has 0 aliphatic rings. The van der Waals surface area contributed by atoms with Crippen LogP contribution in [0.4, 0.5) is 20.3 Å². The number of hydrogen-bond donors (Lipinski definition) is 2. The van der Waals surface area contributed by atoms with Crippen LogP contribution in [0.15, 0.2) is 60.8 Å². The smallest absolute Gasteiger partial charge is 0.256 e. The summed E-state index contributed by atoms with van der Waals surface area (Å²) < 4.78 is 26.1. The monoisotopic (exact) mass is 387 g/mol. The number of hydrogen-bond acceptors (Lipinski definition) is 3. The lowest BCUT2D eigenvalue weighted by Crippen LogP contribution is -2.13. The molecule has 0 fully saturated rings. The Morgan fingerprint density at radius 2 is 1.78 bits per heavy atom. The Kier molecular flexibility index (Phi) is 5.98. The average Bonchev–Trinajstić information content (AvgIpc) is 2.67. The number of aromatic nitrogens is 1. The van der Waals surface area contributed by atoms with Gasteiger partial charge in [-0.05, 0) is 54.4 Å². The zero-order valence-corrected chi connectivity index (χ0v) is 14.9.